The Labute approximate surface area is 172 Å². The Balaban J connectivity index is 1.54. The minimum Gasteiger partial charge on any atom is -0.360 e. The summed E-state index contributed by atoms with van der Waals surface area (Å²) in [6.07, 6.45) is 1.12. The summed E-state index contributed by atoms with van der Waals surface area (Å²) >= 11 is 0. The van der Waals surface area contributed by atoms with Gasteiger partial charge in [0.1, 0.15) is 10.6 Å². The number of rotatable bonds is 6. The molecule has 1 aromatic carbocycles. The van der Waals surface area contributed by atoms with E-state index in [1.165, 1.54) is 9.87 Å². The molecule has 0 radical (unpaired) electrons. The molecule has 7 nitrogen and oxygen atoms in total. The third-order valence-corrected chi connectivity index (χ3v) is 7.57. The van der Waals surface area contributed by atoms with Crippen molar-refractivity contribution in [3.8, 4) is 0 Å². The number of aromatic nitrogens is 1. The lowest BCUT2D eigenvalue weighted by molar-refractivity contribution is -0.132. The van der Waals surface area contributed by atoms with Gasteiger partial charge in [-0.25, -0.2) is 8.42 Å². The van der Waals surface area contributed by atoms with E-state index in [1.54, 1.807) is 18.7 Å². The first-order valence-corrected chi connectivity index (χ1v) is 11.4. The highest BCUT2D eigenvalue weighted by molar-refractivity contribution is 7.89. The minimum atomic E-state index is -3.66. The predicted molar refractivity (Wildman–Crippen MR) is 110 cm³/mol. The lowest BCUT2D eigenvalue weighted by Gasteiger charge is -2.34. The van der Waals surface area contributed by atoms with Crippen molar-refractivity contribution in [1.29, 1.82) is 0 Å². The largest absolute Gasteiger partial charge is 0.360 e. The fourth-order valence-corrected chi connectivity index (χ4v) is 5.34. The first-order valence-electron chi connectivity index (χ1n) is 9.99. The van der Waals surface area contributed by atoms with Gasteiger partial charge in [-0.15, -0.1) is 0 Å². The first-order chi connectivity index (χ1) is 13.7. The number of carbonyl (C=O) groups excluding carboxylic acids is 1. The van der Waals surface area contributed by atoms with Gasteiger partial charge in [0.25, 0.3) is 0 Å². The summed E-state index contributed by atoms with van der Waals surface area (Å²) in [4.78, 5) is 14.5. The van der Waals surface area contributed by atoms with Crippen LogP contribution in [0.5, 0.6) is 0 Å². The second-order valence-electron chi connectivity index (χ2n) is 7.83. The summed E-state index contributed by atoms with van der Waals surface area (Å²) in [5.41, 5.74) is 2.79. The van der Waals surface area contributed by atoms with Crippen LogP contribution in [0, 0.1) is 13.8 Å². The molecule has 0 unspecified atom stereocenters. The minimum absolute atomic E-state index is 0.0623. The molecule has 0 saturated carbocycles. The fraction of sp³-hybridized carbons (Fsp3) is 0.524. The highest BCUT2D eigenvalue weighted by Gasteiger charge is 2.34. The summed E-state index contributed by atoms with van der Waals surface area (Å²) in [6, 6.07) is 8.39. The highest BCUT2D eigenvalue weighted by Crippen LogP contribution is 2.24. The van der Waals surface area contributed by atoms with E-state index in [0.29, 0.717) is 43.3 Å². The van der Waals surface area contributed by atoms with Gasteiger partial charge < -0.3 is 9.42 Å². The Morgan fingerprint density at radius 3 is 2.24 bits per heavy atom. The molecule has 3 rings (SSSR count). The number of hydrogen-bond acceptors (Lipinski definition) is 5. The number of hydrogen-bond donors (Lipinski definition) is 0. The van der Waals surface area contributed by atoms with Crippen molar-refractivity contribution >= 4 is 15.9 Å². The standard InChI is InChI=1S/C21H29N3O4S/c1-15(2)19-8-5-18(6-9-19)7-10-20(25)23-11-13-24(14-12-23)29(26,27)21-16(3)22-28-17(21)4/h5-6,8-9,15H,7,10-14H2,1-4H3. The van der Waals surface area contributed by atoms with Crippen molar-refractivity contribution < 1.29 is 17.7 Å². The maximum atomic E-state index is 12.9. The Hall–Kier alpha value is -2.19. The molecule has 0 atom stereocenters. The number of amides is 1. The van der Waals surface area contributed by atoms with Gasteiger partial charge in [-0.3, -0.25) is 4.79 Å². The van der Waals surface area contributed by atoms with Gasteiger partial charge in [-0.05, 0) is 37.3 Å². The van der Waals surface area contributed by atoms with Gasteiger partial charge >= 0.3 is 0 Å². The Bertz CT molecular complexity index is 937. The summed E-state index contributed by atoms with van der Waals surface area (Å²) in [6.45, 7) is 8.88. The highest BCUT2D eigenvalue weighted by atomic mass is 32.2. The van der Waals surface area contributed by atoms with Crippen LogP contribution >= 0.6 is 0 Å². The lowest BCUT2D eigenvalue weighted by atomic mass is 10.00. The maximum Gasteiger partial charge on any atom is 0.248 e. The molecule has 0 bridgehead atoms. The zero-order chi connectivity index (χ0) is 21.2. The summed E-state index contributed by atoms with van der Waals surface area (Å²) < 4.78 is 32.2. The molecule has 8 heteroatoms. The van der Waals surface area contributed by atoms with E-state index in [0.717, 1.165) is 5.56 Å². The fourth-order valence-electron chi connectivity index (χ4n) is 3.63. The Kier molecular flexibility index (Phi) is 6.43. The maximum absolute atomic E-state index is 12.9. The number of benzene rings is 1. The number of piperazine rings is 1. The Morgan fingerprint density at radius 1 is 1.10 bits per heavy atom. The SMILES string of the molecule is Cc1noc(C)c1S(=O)(=O)N1CCN(C(=O)CCc2ccc(C(C)C)cc2)CC1. The molecule has 0 N–H and O–H groups in total. The van der Waals surface area contributed by atoms with Crippen LogP contribution in [0.3, 0.4) is 0 Å². The monoisotopic (exact) mass is 419 g/mol. The molecule has 1 amide bonds. The molecule has 1 aromatic heterocycles. The van der Waals surface area contributed by atoms with E-state index in [2.05, 4.69) is 43.3 Å². The molecule has 1 saturated heterocycles. The van der Waals surface area contributed by atoms with Gasteiger partial charge in [0.2, 0.25) is 15.9 Å². The van der Waals surface area contributed by atoms with Crippen molar-refractivity contribution in [3.05, 3.63) is 46.8 Å². The quantitative estimate of drug-likeness (QED) is 0.719. The van der Waals surface area contributed by atoms with E-state index in [4.69, 9.17) is 4.52 Å². The molecule has 2 aromatic rings. The van der Waals surface area contributed by atoms with Crippen LogP contribution in [0.2, 0.25) is 0 Å². The topological polar surface area (TPSA) is 83.7 Å². The number of carbonyl (C=O) groups is 1. The Morgan fingerprint density at radius 2 is 1.72 bits per heavy atom. The van der Waals surface area contributed by atoms with Gasteiger partial charge in [-0.1, -0.05) is 43.3 Å². The number of aryl methyl sites for hydroxylation is 3. The van der Waals surface area contributed by atoms with E-state index < -0.39 is 10.0 Å². The third kappa shape index (κ3) is 4.70. The molecule has 158 valence electrons. The van der Waals surface area contributed by atoms with Crippen LogP contribution in [0.4, 0.5) is 0 Å². The van der Waals surface area contributed by atoms with Crippen LogP contribution in [0.1, 0.15) is 48.8 Å². The van der Waals surface area contributed by atoms with Crippen molar-refractivity contribution in [2.45, 2.75) is 51.3 Å². The van der Waals surface area contributed by atoms with E-state index >= 15 is 0 Å². The summed E-state index contributed by atoms with van der Waals surface area (Å²) in [7, 11) is -3.66. The van der Waals surface area contributed by atoms with Gasteiger partial charge in [0, 0.05) is 32.6 Å². The van der Waals surface area contributed by atoms with Crippen molar-refractivity contribution in [1.82, 2.24) is 14.4 Å². The molecule has 1 fully saturated rings. The molecule has 29 heavy (non-hydrogen) atoms. The zero-order valence-electron chi connectivity index (χ0n) is 17.5. The normalized spacial score (nSPS) is 15.8. The van der Waals surface area contributed by atoms with E-state index in [9.17, 15) is 13.2 Å². The number of nitrogens with zero attached hydrogens (tertiary/aromatic N) is 3. The average molecular weight is 420 g/mol. The second kappa shape index (κ2) is 8.67. The summed E-state index contributed by atoms with van der Waals surface area (Å²) in [5, 5.41) is 3.74. The van der Waals surface area contributed by atoms with Crippen LogP contribution < -0.4 is 0 Å². The van der Waals surface area contributed by atoms with Gasteiger partial charge in [-0.2, -0.15) is 4.31 Å². The second-order valence-corrected chi connectivity index (χ2v) is 9.71. The lowest BCUT2D eigenvalue weighted by Crippen LogP contribution is -2.50. The van der Waals surface area contributed by atoms with Crippen LogP contribution in [-0.4, -0.2) is 54.9 Å². The number of sulfonamides is 1. The third-order valence-electron chi connectivity index (χ3n) is 5.43. The molecule has 2 heterocycles. The van der Waals surface area contributed by atoms with Crippen LogP contribution in [-0.2, 0) is 21.2 Å². The van der Waals surface area contributed by atoms with E-state index in [1.807, 2.05) is 0 Å². The molecule has 0 aliphatic carbocycles. The average Bonchev–Trinajstić information content (AvgIpc) is 3.05. The predicted octanol–water partition coefficient (Wildman–Crippen LogP) is 2.88. The zero-order valence-corrected chi connectivity index (χ0v) is 18.3. The van der Waals surface area contributed by atoms with Crippen LogP contribution in [0.25, 0.3) is 0 Å². The summed E-state index contributed by atoms with van der Waals surface area (Å²) in [5.74, 6) is 0.848. The molecule has 1 aliphatic heterocycles. The van der Waals surface area contributed by atoms with Crippen molar-refractivity contribution in [2.75, 3.05) is 26.2 Å². The molecule has 0 spiro atoms. The van der Waals surface area contributed by atoms with Gasteiger partial charge in [0.05, 0.1) is 0 Å². The molecule has 1 aliphatic rings. The van der Waals surface area contributed by atoms with Gasteiger partial charge in [0.15, 0.2) is 5.76 Å². The molecular weight excluding hydrogens is 390 g/mol. The molecular formula is C21H29N3O4S. The smallest absolute Gasteiger partial charge is 0.248 e. The van der Waals surface area contributed by atoms with Crippen molar-refractivity contribution in [2.24, 2.45) is 0 Å². The van der Waals surface area contributed by atoms with Crippen LogP contribution in [0.15, 0.2) is 33.7 Å². The van der Waals surface area contributed by atoms with Crippen molar-refractivity contribution in [3.63, 3.8) is 0 Å². The van der Waals surface area contributed by atoms with E-state index in [-0.39, 0.29) is 23.9 Å². The first kappa shape index (κ1) is 21.5.